The molecular weight excluding hydrogens is 296 g/mol. The molecule has 116 valence electrons. The van der Waals surface area contributed by atoms with E-state index < -0.39 is 0 Å². The number of rotatable bonds is 6. The van der Waals surface area contributed by atoms with Gasteiger partial charge in [0.1, 0.15) is 5.75 Å². The van der Waals surface area contributed by atoms with Crippen LogP contribution < -0.4 is 10.1 Å². The SMILES string of the molecule is COc1ccc(-c2csc(CCNC(=O)C3CCC3)n2)cc1. The first-order valence-corrected chi connectivity index (χ1v) is 8.51. The number of aromatic nitrogens is 1. The predicted molar refractivity (Wildman–Crippen MR) is 88.2 cm³/mol. The number of nitrogens with one attached hydrogen (secondary N) is 1. The molecule has 3 rings (SSSR count). The first kappa shape index (κ1) is 15.0. The molecule has 1 aromatic heterocycles. The Labute approximate surface area is 134 Å². The molecule has 0 saturated heterocycles. The molecular formula is C17H20N2O2S. The van der Waals surface area contributed by atoms with Crippen molar-refractivity contribution in [2.24, 2.45) is 5.92 Å². The number of hydrogen-bond donors (Lipinski definition) is 1. The number of methoxy groups -OCH3 is 1. The van der Waals surface area contributed by atoms with Crippen LogP contribution in [0.5, 0.6) is 5.75 Å². The molecule has 5 heteroatoms. The second-order valence-corrected chi connectivity index (χ2v) is 6.47. The number of carbonyl (C=O) groups is 1. The number of thiazole rings is 1. The molecule has 4 nitrogen and oxygen atoms in total. The van der Waals surface area contributed by atoms with Gasteiger partial charge in [0.05, 0.1) is 17.8 Å². The van der Waals surface area contributed by atoms with Gasteiger partial charge >= 0.3 is 0 Å². The monoisotopic (exact) mass is 316 g/mol. The van der Waals surface area contributed by atoms with Crippen LogP contribution in [0.1, 0.15) is 24.3 Å². The zero-order valence-corrected chi connectivity index (χ0v) is 13.5. The number of carbonyl (C=O) groups excluding carboxylic acids is 1. The topological polar surface area (TPSA) is 51.2 Å². The summed E-state index contributed by atoms with van der Waals surface area (Å²) >= 11 is 1.64. The zero-order valence-electron chi connectivity index (χ0n) is 12.7. The normalized spacial score (nSPS) is 14.4. The highest BCUT2D eigenvalue weighted by molar-refractivity contribution is 7.09. The maximum absolute atomic E-state index is 11.8. The molecule has 0 radical (unpaired) electrons. The quantitative estimate of drug-likeness (QED) is 0.890. The lowest BCUT2D eigenvalue weighted by Gasteiger charge is -2.23. The highest BCUT2D eigenvalue weighted by Crippen LogP contribution is 2.26. The minimum Gasteiger partial charge on any atom is -0.497 e. The summed E-state index contributed by atoms with van der Waals surface area (Å²) in [6, 6.07) is 7.90. The van der Waals surface area contributed by atoms with Crippen LogP contribution in [0.4, 0.5) is 0 Å². The van der Waals surface area contributed by atoms with E-state index >= 15 is 0 Å². The first-order chi connectivity index (χ1) is 10.8. The molecule has 1 heterocycles. The highest BCUT2D eigenvalue weighted by Gasteiger charge is 2.24. The van der Waals surface area contributed by atoms with Gasteiger partial charge in [0, 0.05) is 29.8 Å². The van der Waals surface area contributed by atoms with Gasteiger partial charge in [-0.25, -0.2) is 4.98 Å². The molecule has 1 aliphatic rings. The van der Waals surface area contributed by atoms with Gasteiger partial charge in [-0.15, -0.1) is 11.3 Å². The molecule has 22 heavy (non-hydrogen) atoms. The van der Waals surface area contributed by atoms with Crippen LogP contribution in [-0.2, 0) is 11.2 Å². The molecule has 0 atom stereocenters. The van der Waals surface area contributed by atoms with Crippen molar-refractivity contribution in [2.45, 2.75) is 25.7 Å². The van der Waals surface area contributed by atoms with E-state index in [1.54, 1.807) is 18.4 Å². The Morgan fingerprint density at radius 1 is 1.36 bits per heavy atom. The van der Waals surface area contributed by atoms with Gasteiger partial charge in [0.25, 0.3) is 0 Å². The van der Waals surface area contributed by atoms with Crippen molar-refractivity contribution in [1.82, 2.24) is 10.3 Å². The van der Waals surface area contributed by atoms with Crippen molar-refractivity contribution >= 4 is 17.2 Å². The first-order valence-electron chi connectivity index (χ1n) is 7.63. The van der Waals surface area contributed by atoms with E-state index in [4.69, 9.17) is 4.74 Å². The van der Waals surface area contributed by atoms with Crippen LogP contribution >= 0.6 is 11.3 Å². The van der Waals surface area contributed by atoms with E-state index in [-0.39, 0.29) is 11.8 Å². The van der Waals surface area contributed by atoms with Crippen LogP contribution in [0, 0.1) is 5.92 Å². The van der Waals surface area contributed by atoms with Crippen LogP contribution in [-0.4, -0.2) is 24.5 Å². The van der Waals surface area contributed by atoms with Crippen molar-refractivity contribution in [1.29, 1.82) is 0 Å². The van der Waals surface area contributed by atoms with E-state index in [9.17, 15) is 4.79 Å². The lowest BCUT2D eigenvalue weighted by Crippen LogP contribution is -2.35. The minimum atomic E-state index is 0.207. The van der Waals surface area contributed by atoms with Crippen molar-refractivity contribution in [3.05, 3.63) is 34.7 Å². The van der Waals surface area contributed by atoms with Crippen LogP contribution in [0.3, 0.4) is 0 Å². The van der Waals surface area contributed by atoms with Crippen molar-refractivity contribution in [2.75, 3.05) is 13.7 Å². The molecule has 1 aromatic carbocycles. The largest absolute Gasteiger partial charge is 0.497 e. The van der Waals surface area contributed by atoms with Gasteiger partial charge in [-0.05, 0) is 37.1 Å². The smallest absolute Gasteiger partial charge is 0.223 e. The Morgan fingerprint density at radius 2 is 2.14 bits per heavy atom. The van der Waals surface area contributed by atoms with Gasteiger partial charge in [-0.1, -0.05) is 6.42 Å². The summed E-state index contributed by atoms with van der Waals surface area (Å²) < 4.78 is 5.16. The maximum atomic E-state index is 11.8. The number of hydrogen-bond acceptors (Lipinski definition) is 4. The molecule has 1 amide bonds. The van der Waals surface area contributed by atoms with Crippen molar-refractivity contribution < 1.29 is 9.53 Å². The standard InChI is InChI=1S/C17H20N2O2S/c1-21-14-7-5-12(6-8-14)15-11-22-16(19-15)9-10-18-17(20)13-3-2-4-13/h5-8,11,13H,2-4,9-10H2,1H3,(H,18,20). The minimum absolute atomic E-state index is 0.207. The summed E-state index contributed by atoms with van der Waals surface area (Å²) in [4.78, 5) is 16.4. The molecule has 1 saturated carbocycles. The van der Waals surface area contributed by atoms with E-state index in [0.29, 0.717) is 6.54 Å². The van der Waals surface area contributed by atoms with Gasteiger partial charge in [0.15, 0.2) is 0 Å². The van der Waals surface area contributed by atoms with Crippen LogP contribution in [0.25, 0.3) is 11.3 Å². The maximum Gasteiger partial charge on any atom is 0.223 e. The summed E-state index contributed by atoms with van der Waals surface area (Å²) in [7, 11) is 1.66. The fourth-order valence-electron chi connectivity index (χ4n) is 2.43. The average Bonchev–Trinajstić information content (AvgIpc) is 2.94. The highest BCUT2D eigenvalue weighted by atomic mass is 32.1. The van der Waals surface area contributed by atoms with Crippen LogP contribution in [0.15, 0.2) is 29.6 Å². The Kier molecular flexibility index (Phi) is 4.73. The number of ether oxygens (including phenoxy) is 1. The van der Waals surface area contributed by atoms with E-state index in [1.165, 1.54) is 6.42 Å². The van der Waals surface area contributed by atoms with Gasteiger partial charge in [0.2, 0.25) is 5.91 Å². The van der Waals surface area contributed by atoms with Crippen molar-refractivity contribution in [3.63, 3.8) is 0 Å². The van der Waals surface area contributed by atoms with Crippen molar-refractivity contribution in [3.8, 4) is 17.0 Å². The Bertz CT molecular complexity index is 632. The third-order valence-corrected chi connectivity index (χ3v) is 4.96. The van der Waals surface area contributed by atoms with Gasteiger partial charge in [-0.2, -0.15) is 0 Å². The van der Waals surface area contributed by atoms with Crippen LogP contribution in [0.2, 0.25) is 0 Å². The molecule has 1 aliphatic carbocycles. The number of benzene rings is 1. The molecule has 1 N–H and O–H groups in total. The third kappa shape index (κ3) is 3.47. The second-order valence-electron chi connectivity index (χ2n) is 5.52. The lowest BCUT2D eigenvalue weighted by molar-refractivity contribution is -0.127. The molecule has 0 aliphatic heterocycles. The van der Waals surface area contributed by atoms with E-state index in [0.717, 1.165) is 41.3 Å². The summed E-state index contributed by atoms with van der Waals surface area (Å²) in [5, 5.41) is 6.12. The number of nitrogens with zero attached hydrogens (tertiary/aromatic N) is 1. The Balaban J connectivity index is 1.52. The second kappa shape index (κ2) is 6.92. The predicted octanol–water partition coefficient (Wildman–Crippen LogP) is 3.28. The average molecular weight is 316 g/mol. The van der Waals surface area contributed by atoms with E-state index in [2.05, 4.69) is 15.7 Å². The molecule has 0 spiro atoms. The van der Waals surface area contributed by atoms with Gasteiger partial charge in [-0.3, -0.25) is 4.79 Å². The number of amides is 1. The van der Waals surface area contributed by atoms with Gasteiger partial charge < -0.3 is 10.1 Å². The third-order valence-electron chi connectivity index (χ3n) is 4.05. The molecule has 0 unspecified atom stereocenters. The molecule has 0 bridgehead atoms. The molecule has 1 fully saturated rings. The fraction of sp³-hybridized carbons (Fsp3) is 0.412. The lowest BCUT2D eigenvalue weighted by atomic mass is 9.85. The Morgan fingerprint density at radius 3 is 2.77 bits per heavy atom. The summed E-state index contributed by atoms with van der Waals surface area (Å²) in [5.41, 5.74) is 2.06. The summed E-state index contributed by atoms with van der Waals surface area (Å²) in [6.45, 7) is 0.672. The molecule has 2 aromatic rings. The Hall–Kier alpha value is -1.88. The summed E-state index contributed by atoms with van der Waals surface area (Å²) in [6.07, 6.45) is 4.07. The zero-order chi connectivity index (χ0) is 15.4. The van der Waals surface area contributed by atoms with E-state index in [1.807, 2.05) is 24.3 Å². The fourth-order valence-corrected chi connectivity index (χ4v) is 3.23. The summed E-state index contributed by atoms with van der Waals surface area (Å²) in [5.74, 6) is 1.31.